The molecule has 1 rings (SSSR count). The van der Waals surface area contributed by atoms with Crippen LogP contribution in [0.25, 0.3) is 0 Å². The van der Waals surface area contributed by atoms with E-state index in [2.05, 4.69) is 10.3 Å². The van der Waals surface area contributed by atoms with Gasteiger partial charge >= 0.3 is 0 Å². The normalized spacial score (nSPS) is 13.3. The number of aliphatic hydroxyl groups is 1. The molecule has 0 bridgehead atoms. The number of hydrogen-bond donors (Lipinski definition) is 2. The lowest BCUT2D eigenvalue weighted by atomic mass is 9.80. The zero-order valence-corrected chi connectivity index (χ0v) is 13.8. The number of aromatic nitrogens is 1. The summed E-state index contributed by atoms with van der Waals surface area (Å²) in [7, 11) is 0. The Balaban J connectivity index is 2.58. The highest BCUT2D eigenvalue weighted by molar-refractivity contribution is 5.93. The molecule has 130 valence electrons. The highest BCUT2D eigenvalue weighted by Gasteiger charge is 2.30. The molecule has 0 spiro atoms. The van der Waals surface area contributed by atoms with Crippen LogP contribution in [0.3, 0.4) is 0 Å². The van der Waals surface area contributed by atoms with E-state index in [0.717, 1.165) is 0 Å². The lowest BCUT2D eigenvalue weighted by molar-refractivity contribution is 0.0138. The van der Waals surface area contributed by atoms with Crippen molar-refractivity contribution in [3.05, 3.63) is 23.9 Å². The molecular weight excluding hydrogens is 306 g/mol. The van der Waals surface area contributed by atoms with Crippen molar-refractivity contribution in [2.45, 2.75) is 40.2 Å². The molecule has 0 aliphatic heterocycles. The molecule has 5 nitrogen and oxygen atoms in total. The molecule has 0 radical (unpaired) electrons. The summed E-state index contributed by atoms with van der Waals surface area (Å²) >= 11 is 0. The number of halogens is 2. The molecular formula is C16H24F2N2O3. The van der Waals surface area contributed by atoms with Crippen molar-refractivity contribution in [3.63, 3.8) is 0 Å². The van der Waals surface area contributed by atoms with E-state index in [-0.39, 0.29) is 17.7 Å². The van der Waals surface area contributed by atoms with Crippen LogP contribution in [-0.2, 0) is 0 Å². The van der Waals surface area contributed by atoms with Gasteiger partial charge in [-0.05, 0) is 12.0 Å². The quantitative estimate of drug-likeness (QED) is 0.768. The number of carbonyl (C=O) groups excluding carboxylic acids is 1. The van der Waals surface area contributed by atoms with Crippen LogP contribution in [-0.4, -0.2) is 41.7 Å². The third-order valence-electron chi connectivity index (χ3n) is 3.49. The van der Waals surface area contributed by atoms with Crippen molar-refractivity contribution >= 4 is 5.91 Å². The predicted molar refractivity (Wildman–Crippen MR) is 82.7 cm³/mol. The fourth-order valence-corrected chi connectivity index (χ4v) is 2.17. The SMILES string of the molecule is CC(C)C(O)C(C)(C)CNC(=O)c1ccc(OCC(F)F)nc1. The lowest BCUT2D eigenvalue weighted by Crippen LogP contribution is -2.43. The number of pyridine rings is 1. The Labute approximate surface area is 135 Å². The first-order valence-electron chi connectivity index (χ1n) is 7.46. The van der Waals surface area contributed by atoms with E-state index in [4.69, 9.17) is 4.74 Å². The van der Waals surface area contributed by atoms with E-state index >= 15 is 0 Å². The van der Waals surface area contributed by atoms with Crippen LogP contribution in [0, 0.1) is 11.3 Å². The number of aliphatic hydroxyl groups excluding tert-OH is 1. The van der Waals surface area contributed by atoms with Gasteiger partial charge in [-0.3, -0.25) is 4.79 Å². The van der Waals surface area contributed by atoms with E-state index in [9.17, 15) is 18.7 Å². The summed E-state index contributed by atoms with van der Waals surface area (Å²) in [6, 6.07) is 2.82. The first-order valence-corrected chi connectivity index (χ1v) is 7.46. The van der Waals surface area contributed by atoms with Gasteiger partial charge in [0.05, 0.1) is 11.7 Å². The second kappa shape index (κ2) is 8.19. The molecule has 0 aromatic carbocycles. The number of ether oxygens (including phenoxy) is 1. The van der Waals surface area contributed by atoms with Crippen molar-refractivity contribution in [2.24, 2.45) is 11.3 Å². The Morgan fingerprint density at radius 2 is 2.04 bits per heavy atom. The lowest BCUT2D eigenvalue weighted by Gasteiger charge is -2.33. The van der Waals surface area contributed by atoms with Gasteiger partial charge in [0.2, 0.25) is 5.88 Å². The van der Waals surface area contributed by atoms with Crippen molar-refractivity contribution in [1.29, 1.82) is 0 Å². The maximum absolute atomic E-state index is 12.1. The molecule has 1 aromatic heterocycles. The van der Waals surface area contributed by atoms with E-state index < -0.39 is 24.6 Å². The van der Waals surface area contributed by atoms with E-state index in [1.165, 1.54) is 18.3 Å². The van der Waals surface area contributed by atoms with Crippen molar-refractivity contribution in [2.75, 3.05) is 13.2 Å². The maximum Gasteiger partial charge on any atom is 0.272 e. The number of rotatable bonds is 8. The topological polar surface area (TPSA) is 71.5 Å². The third-order valence-corrected chi connectivity index (χ3v) is 3.49. The van der Waals surface area contributed by atoms with Crippen molar-refractivity contribution in [3.8, 4) is 5.88 Å². The first-order chi connectivity index (χ1) is 10.6. The van der Waals surface area contributed by atoms with E-state index in [1.807, 2.05) is 27.7 Å². The molecule has 1 heterocycles. The van der Waals surface area contributed by atoms with Gasteiger partial charge in [0, 0.05) is 24.2 Å². The molecule has 0 saturated carbocycles. The molecule has 1 atom stereocenters. The molecule has 1 aromatic rings. The smallest absolute Gasteiger partial charge is 0.272 e. The van der Waals surface area contributed by atoms with Gasteiger partial charge in [0.15, 0.2) is 6.61 Å². The van der Waals surface area contributed by atoms with Gasteiger partial charge in [-0.2, -0.15) is 0 Å². The molecule has 2 N–H and O–H groups in total. The van der Waals surface area contributed by atoms with Crippen LogP contribution in [0.5, 0.6) is 5.88 Å². The first kappa shape index (κ1) is 19.3. The average Bonchev–Trinajstić information content (AvgIpc) is 2.50. The molecule has 0 fully saturated rings. The Kier molecular flexibility index (Phi) is 6.87. The minimum Gasteiger partial charge on any atom is -0.472 e. The summed E-state index contributed by atoms with van der Waals surface area (Å²) < 4.78 is 28.8. The fraction of sp³-hybridized carbons (Fsp3) is 0.625. The minimum atomic E-state index is -2.57. The van der Waals surface area contributed by atoms with Crippen LogP contribution in [0.4, 0.5) is 8.78 Å². The summed E-state index contributed by atoms with van der Waals surface area (Å²) in [5.74, 6) is -0.228. The summed E-state index contributed by atoms with van der Waals surface area (Å²) in [6.07, 6.45) is -1.86. The molecule has 1 unspecified atom stereocenters. The van der Waals surface area contributed by atoms with Gasteiger partial charge < -0.3 is 15.2 Å². The van der Waals surface area contributed by atoms with Crippen LogP contribution >= 0.6 is 0 Å². The van der Waals surface area contributed by atoms with Crippen LogP contribution in [0.2, 0.25) is 0 Å². The summed E-state index contributed by atoms with van der Waals surface area (Å²) in [5, 5.41) is 12.9. The highest BCUT2D eigenvalue weighted by Crippen LogP contribution is 2.25. The molecule has 23 heavy (non-hydrogen) atoms. The zero-order chi connectivity index (χ0) is 17.6. The van der Waals surface area contributed by atoms with Gasteiger partial charge in [-0.1, -0.05) is 27.7 Å². The molecule has 0 aliphatic carbocycles. The van der Waals surface area contributed by atoms with Crippen LogP contribution in [0.1, 0.15) is 38.1 Å². The largest absolute Gasteiger partial charge is 0.472 e. The Hall–Kier alpha value is -1.76. The number of amides is 1. The van der Waals surface area contributed by atoms with Crippen LogP contribution in [0.15, 0.2) is 18.3 Å². The minimum absolute atomic E-state index is 0.0393. The van der Waals surface area contributed by atoms with Crippen molar-refractivity contribution in [1.82, 2.24) is 10.3 Å². The van der Waals surface area contributed by atoms with Gasteiger partial charge in [0.25, 0.3) is 12.3 Å². The Morgan fingerprint density at radius 3 is 2.52 bits per heavy atom. The highest BCUT2D eigenvalue weighted by atomic mass is 19.3. The molecule has 1 amide bonds. The second-order valence-corrected chi connectivity index (χ2v) is 6.45. The number of hydrogen-bond acceptors (Lipinski definition) is 4. The number of alkyl halides is 2. The average molecular weight is 330 g/mol. The fourth-order valence-electron chi connectivity index (χ4n) is 2.17. The molecule has 0 aliphatic rings. The Morgan fingerprint density at radius 1 is 1.39 bits per heavy atom. The monoisotopic (exact) mass is 330 g/mol. The Bertz CT molecular complexity index is 505. The summed E-state index contributed by atoms with van der Waals surface area (Å²) in [5.41, 5.74) is -0.179. The summed E-state index contributed by atoms with van der Waals surface area (Å²) in [4.78, 5) is 15.9. The second-order valence-electron chi connectivity index (χ2n) is 6.45. The molecule has 0 saturated heterocycles. The van der Waals surface area contributed by atoms with E-state index in [0.29, 0.717) is 12.1 Å². The van der Waals surface area contributed by atoms with Gasteiger partial charge in [-0.25, -0.2) is 13.8 Å². The zero-order valence-electron chi connectivity index (χ0n) is 13.8. The van der Waals surface area contributed by atoms with Gasteiger partial charge in [0.1, 0.15) is 0 Å². The third kappa shape index (κ3) is 6.09. The molecule has 7 heteroatoms. The number of carbonyl (C=O) groups is 1. The number of nitrogens with zero attached hydrogens (tertiary/aromatic N) is 1. The van der Waals surface area contributed by atoms with E-state index in [1.54, 1.807) is 0 Å². The van der Waals surface area contributed by atoms with Crippen LogP contribution < -0.4 is 10.1 Å². The standard InChI is InChI=1S/C16H24F2N2O3/c1-10(2)14(21)16(3,4)9-20-15(22)11-5-6-13(19-7-11)23-8-12(17)18/h5-7,10,12,14,21H,8-9H2,1-4H3,(H,20,22). The maximum atomic E-state index is 12.1. The number of nitrogens with one attached hydrogen (secondary N) is 1. The summed E-state index contributed by atoms with van der Waals surface area (Å²) in [6.45, 7) is 7.14. The van der Waals surface area contributed by atoms with Crippen molar-refractivity contribution < 1.29 is 23.4 Å². The predicted octanol–water partition coefficient (Wildman–Crippen LogP) is 2.50. The van der Waals surface area contributed by atoms with Gasteiger partial charge in [-0.15, -0.1) is 0 Å².